The molecule has 2 aromatic rings. The number of nitrogens with zero attached hydrogens (tertiary/aromatic N) is 3. The van der Waals surface area contributed by atoms with Crippen molar-refractivity contribution in [1.29, 1.82) is 0 Å². The van der Waals surface area contributed by atoms with E-state index in [-0.39, 0.29) is 18.1 Å². The lowest BCUT2D eigenvalue weighted by Crippen LogP contribution is -2.08. The van der Waals surface area contributed by atoms with E-state index in [1.54, 1.807) is 13.8 Å². The number of aromatic nitrogens is 3. The molecule has 0 aromatic carbocycles. The second-order valence-corrected chi connectivity index (χ2v) is 4.14. The maximum absolute atomic E-state index is 11.5. The van der Waals surface area contributed by atoms with Crippen molar-refractivity contribution in [1.82, 2.24) is 14.6 Å². The number of hydrogen-bond acceptors (Lipinski definition) is 5. The van der Waals surface area contributed by atoms with E-state index in [9.17, 15) is 9.90 Å². The summed E-state index contributed by atoms with van der Waals surface area (Å²) in [4.78, 5) is 15.6. The van der Waals surface area contributed by atoms with Gasteiger partial charge >= 0.3 is 5.97 Å². The zero-order valence-corrected chi connectivity index (χ0v) is 10.9. The van der Waals surface area contributed by atoms with Crippen molar-refractivity contribution in [2.24, 2.45) is 0 Å². The van der Waals surface area contributed by atoms with Gasteiger partial charge < -0.3 is 9.84 Å². The van der Waals surface area contributed by atoms with E-state index >= 15 is 0 Å². The number of aryl methyl sites for hydroxylation is 1. The first-order valence-corrected chi connectivity index (χ1v) is 5.75. The lowest BCUT2D eigenvalue weighted by atomic mass is 10.3. The number of esters is 1. The minimum Gasteiger partial charge on any atom is -0.493 e. The fourth-order valence-corrected chi connectivity index (χ4v) is 1.76. The number of rotatable bonds is 2. The topological polar surface area (TPSA) is 76.7 Å². The number of fused-ring (bicyclic) bond motifs is 1. The Morgan fingerprint density at radius 1 is 1.65 bits per heavy atom. The van der Waals surface area contributed by atoms with Crippen LogP contribution in [0.1, 0.15) is 23.0 Å². The van der Waals surface area contributed by atoms with Crippen LogP contribution in [0, 0.1) is 6.92 Å². The van der Waals surface area contributed by atoms with Gasteiger partial charge in [-0.05, 0) is 29.8 Å². The van der Waals surface area contributed by atoms with Crippen molar-refractivity contribution >= 4 is 27.5 Å². The predicted molar refractivity (Wildman–Crippen MR) is 63.0 cm³/mol. The van der Waals surface area contributed by atoms with Crippen LogP contribution in [0.15, 0.2) is 10.7 Å². The van der Waals surface area contributed by atoms with Gasteiger partial charge in [-0.3, -0.25) is 0 Å². The SMILES string of the molecule is CCOC(=O)c1cnc2c(Br)c(C)nn2c1O. The first kappa shape index (κ1) is 11.8. The molecule has 0 bridgehead atoms. The van der Waals surface area contributed by atoms with Crippen LogP contribution in [0.25, 0.3) is 5.65 Å². The molecular weight excluding hydrogens is 290 g/mol. The van der Waals surface area contributed by atoms with Gasteiger partial charge in [0, 0.05) is 6.20 Å². The summed E-state index contributed by atoms with van der Waals surface area (Å²) in [6.45, 7) is 3.69. The molecule has 7 heteroatoms. The van der Waals surface area contributed by atoms with Gasteiger partial charge in [-0.1, -0.05) is 0 Å². The zero-order chi connectivity index (χ0) is 12.6. The average Bonchev–Trinajstić information content (AvgIpc) is 2.58. The summed E-state index contributed by atoms with van der Waals surface area (Å²) in [6, 6.07) is 0. The van der Waals surface area contributed by atoms with Gasteiger partial charge in [-0.25, -0.2) is 9.78 Å². The molecule has 0 fully saturated rings. The third-order valence-electron chi connectivity index (χ3n) is 2.22. The van der Waals surface area contributed by atoms with Gasteiger partial charge in [0.1, 0.15) is 5.56 Å². The van der Waals surface area contributed by atoms with Crippen molar-refractivity contribution < 1.29 is 14.6 Å². The molecule has 0 aliphatic heterocycles. The van der Waals surface area contributed by atoms with Crippen LogP contribution in [-0.4, -0.2) is 32.3 Å². The number of aromatic hydroxyl groups is 1. The van der Waals surface area contributed by atoms with E-state index in [1.165, 1.54) is 10.7 Å². The Labute approximate surface area is 105 Å². The number of carbonyl (C=O) groups excluding carboxylic acids is 1. The predicted octanol–water partition coefficient (Wildman–Crippen LogP) is 1.68. The molecule has 0 unspecified atom stereocenters. The summed E-state index contributed by atoms with van der Waals surface area (Å²) in [6.07, 6.45) is 1.27. The highest BCUT2D eigenvalue weighted by molar-refractivity contribution is 9.10. The van der Waals surface area contributed by atoms with E-state index in [4.69, 9.17) is 4.74 Å². The molecule has 2 rings (SSSR count). The second-order valence-electron chi connectivity index (χ2n) is 3.35. The van der Waals surface area contributed by atoms with Gasteiger partial charge in [0.25, 0.3) is 0 Å². The molecule has 17 heavy (non-hydrogen) atoms. The minimum atomic E-state index is -0.622. The second kappa shape index (κ2) is 4.33. The van der Waals surface area contributed by atoms with Crippen LogP contribution >= 0.6 is 15.9 Å². The van der Waals surface area contributed by atoms with Crippen molar-refractivity contribution in [2.75, 3.05) is 6.61 Å². The van der Waals surface area contributed by atoms with Crippen LogP contribution < -0.4 is 0 Å². The van der Waals surface area contributed by atoms with Crippen LogP contribution in [0.3, 0.4) is 0 Å². The standard InChI is InChI=1S/C10H10BrN3O3/c1-3-17-10(16)6-4-12-8-7(11)5(2)13-14(8)9(6)15/h4,15H,3H2,1-2H3. The van der Waals surface area contributed by atoms with Crippen LogP contribution in [-0.2, 0) is 4.74 Å². The Balaban J connectivity index is 2.62. The lowest BCUT2D eigenvalue weighted by molar-refractivity contribution is 0.0521. The molecule has 2 aromatic heterocycles. The van der Waals surface area contributed by atoms with Crippen LogP contribution in [0.4, 0.5) is 0 Å². The molecule has 0 spiro atoms. The zero-order valence-electron chi connectivity index (χ0n) is 9.27. The van der Waals surface area contributed by atoms with Gasteiger partial charge in [-0.2, -0.15) is 9.61 Å². The van der Waals surface area contributed by atoms with Crippen molar-refractivity contribution in [3.05, 3.63) is 21.9 Å². The minimum absolute atomic E-state index is 0.00523. The highest BCUT2D eigenvalue weighted by Crippen LogP contribution is 2.25. The summed E-state index contributed by atoms with van der Waals surface area (Å²) in [5.74, 6) is -0.897. The van der Waals surface area contributed by atoms with Gasteiger partial charge in [0.05, 0.1) is 16.8 Å². The largest absolute Gasteiger partial charge is 0.493 e. The van der Waals surface area contributed by atoms with Crippen LogP contribution in [0.5, 0.6) is 5.88 Å². The molecule has 0 aliphatic carbocycles. The summed E-state index contributed by atoms with van der Waals surface area (Å²) >= 11 is 3.30. The Morgan fingerprint density at radius 3 is 3.00 bits per heavy atom. The smallest absolute Gasteiger partial charge is 0.345 e. The summed E-state index contributed by atoms with van der Waals surface area (Å²) in [5.41, 5.74) is 1.12. The number of carbonyl (C=O) groups is 1. The van der Waals surface area contributed by atoms with Gasteiger partial charge in [-0.15, -0.1) is 0 Å². The summed E-state index contributed by atoms with van der Waals surface area (Å²) in [7, 11) is 0. The molecule has 0 saturated carbocycles. The summed E-state index contributed by atoms with van der Waals surface area (Å²) in [5, 5.41) is 14.0. The van der Waals surface area contributed by atoms with E-state index in [0.717, 1.165) is 0 Å². The fourth-order valence-electron chi connectivity index (χ4n) is 1.41. The Kier molecular flexibility index (Phi) is 3.01. The highest BCUT2D eigenvalue weighted by atomic mass is 79.9. The summed E-state index contributed by atoms with van der Waals surface area (Å²) < 4.78 is 6.69. The maximum Gasteiger partial charge on any atom is 0.345 e. The van der Waals surface area contributed by atoms with Crippen molar-refractivity contribution in [2.45, 2.75) is 13.8 Å². The molecule has 0 aliphatic rings. The van der Waals surface area contributed by atoms with E-state index in [1.807, 2.05) is 0 Å². The molecule has 1 N–H and O–H groups in total. The Hall–Kier alpha value is -1.63. The van der Waals surface area contributed by atoms with Crippen LogP contribution in [0.2, 0.25) is 0 Å². The molecule has 0 amide bonds. The number of hydrogen-bond donors (Lipinski definition) is 1. The first-order valence-electron chi connectivity index (χ1n) is 4.96. The third-order valence-corrected chi connectivity index (χ3v) is 3.15. The molecule has 2 heterocycles. The molecule has 90 valence electrons. The first-order chi connectivity index (χ1) is 8.06. The monoisotopic (exact) mass is 299 g/mol. The molecule has 0 radical (unpaired) electrons. The van der Waals surface area contributed by atoms with E-state index in [2.05, 4.69) is 26.0 Å². The molecule has 0 atom stereocenters. The van der Waals surface area contributed by atoms with Gasteiger partial charge in [0.15, 0.2) is 5.65 Å². The maximum atomic E-state index is 11.5. The lowest BCUT2D eigenvalue weighted by Gasteiger charge is -2.04. The van der Waals surface area contributed by atoms with E-state index in [0.29, 0.717) is 15.8 Å². The number of ether oxygens (including phenoxy) is 1. The number of halogens is 1. The van der Waals surface area contributed by atoms with E-state index < -0.39 is 5.97 Å². The quantitative estimate of drug-likeness (QED) is 0.854. The van der Waals surface area contributed by atoms with Gasteiger partial charge in [0.2, 0.25) is 5.88 Å². The Morgan fingerprint density at radius 2 is 2.35 bits per heavy atom. The average molecular weight is 300 g/mol. The molecular formula is C10H10BrN3O3. The molecule has 0 saturated heterocycles. The van der Waals surface area contributed by atoms with Crippen molar-refractivity contribution in [3.63, 3.8) is 0 Å². The van der Waals surface area contributed by atoms with Crippen molar-refractivity contribution in [3.8, 4) is 5.88 Å². The molecule has 6 nitrogen and oxygen atoms in total. The normalized spacial score (nSPS) is 10.8. The third kappa shape index (κ3) is 1.86. The highest BCUT2D eigenvalue weighted by Gasteiger charge is 2.19. The Bertz CT molecular complexity index is 594. The fraction of sp³-hybridized carbons (Fsp3) is 0.300.